The van der Waals surface area contributed by atoms with Crippen molar-refractivity contribution < 1.29 is 19.1 Å². The number of carbonyl (C=O) groups is 2. The van der Waals surface area contributed by atoms with Crippen LogP contribution in [0.25, 0.3) is 0 Å². The lowest BCUT2D eigenvalue weighted by molar-refractivity contribution is -0.141. The lowest BCUT2D eigenvalue weighted by atomic mass is 10.1. The Morgan fingerprint density at radius 2 is 1.60 bits per heavy atom. The summed E-state index contributed by atoms with van der Waals surface area (Å²) in [5.74, 6) is 1.28. The van der Waals surface area contributed by atoms with Gasteiger partial charge < -0.3 is 19.7 Å². The van der Waals surface area contributed by atoms with Gasteiger partial charge in [0.15, 0.2) is 0 Å². The summed E-state index contributed by atoms with van der Waals surface area (Å²) in [7, 11) is 1.62. The number of carbonyl (C=O) groups excluding carboxylic acids is 2. The summed E-state index contributed by atoms with van der Waals surface area (Å²) in [6.07, 6.45) is 0.872. The predicted molar refractivity (Wildman–Crippen MR) is 117 cm³/mol. The molecule has 6 heteroatoms. The van der Waals surface area contributed by atoms with Crippen LogP contribution >= 0.6 is 0 Å². The van der Waals surface area contributed by atoms with Crippen LogP contribution in [0.1, 0.15) is 39.2 Å². The quantitative estimate of drug-likeness (QED) is 0.570. The van der Waals surface area contributed by atoms with E-state index in [0.29, 0.717) is 26.0 Å². The molecule has 0 aromatic heterocycles. The first-order valence-corrected chi connectivity index (χ1v) is 10.3. The van der Waals surface area contributed by atoms with E-state index in [-0.39, 0.29) is 17.9 Å². The zero-order chi connectivity index (χ0) is 21.9. The molecule has 0 fully saturated rings. The Morgan fingerprint density at radius 1 is 0.967 bits per heavy atom. The fourth-order valence-electron chi connectivity index (χ4n) is 3.00. The molecule has 2 amide bonds. The molecule has 0 radical (unpaired) electrons. The Kier molecular flexibility index (Phi) is 9.19. The third kappa shape index (κ3) is 7.43. The van der Waals surface area contributed by atoms with Gasteiger partial charge in [-0.25, -0.2) is 0 Å². The molecule has 0 unspecified atom stereocenters. The molecule has 0 aliphatic rings. The fourth-order valence-corrected chi connectivity index (χ4v) is 3.00. The summed E-state index contributed by atoms with van der Waals surface area (Å²) in [5.41, 5.74) is 0.990. The van der Waals surface area contributed by atoms with E-state index >= 15 is 0 Å². The van der Waals surface area contributed by atoms with Crippen molar-refractivity contribution in [2.75, 3.05) is 13.7 Å². The SMILES string of the molecule is COc1ccc(OCCCC(=O)N(Cc2ccccc2)[C@@H](C)C(=O)NC(C)C)cc1. The molecular weight excluding hydrogens is 380 g/mol. The van der Waals surface area contributed by atoms with E-state index < -0.39 is 6.04 Å². The molecular formula is C24H32N2O4. The topological polar surface area (TPSA) is 67.9 Å². The Bertz CT molecular complexity index is 791. The normalized spacial score (nSPS) is 11.6. The van der Waals surface area contributed by atoms with Crippen molar-refractivity contribution in [3.8, 4) is 11.5 Å². The van der Waals surface area contributed by atoms with E-state index in [1.165, 1.54) is 0 Å². The van der Waals surface area contributed by atoms with Crippen molar-refractivity contribution in [3.05, 3.63) is 60.2 Å². The number of hydrogen-bond acceptors (Lipinski definition) is 4. The highest BCUT2D eigenvalue weighted by molar-refractivity contribution is 5.87. The highest BCUT2D eigenvalue weighted by atomic mass is 16.5. The van der Waals surface area contributed by atoms with Crippen LogP contribution in [0.2, 0.25) is 0 Å². The molecule has 6 nitrogen and oxygen atoms in total. The maximum Gasteiger partial charge on any atom is 0.242 e. The molecule has 0 aliphatic heterocycles. The van der Waals surface area contributed by atoms with Crippen LogP contribution < -0.4 is 14.8 Å². The van der Waals surface area contributed by atoms with Crippen molar-refractivity contribution >= 4 is 11.8 Å². The van der Waals surface area contributed by atoms with Crippen LogP contribution in [-0.4, -0.2) is 42.5 Å². The van der Waals surface area contributed by atoms with Crippen molar-refractivity contribution in [1.82, 2.24) is 10.2 Å². The van der Waals surface area contributed by atoms with Crippen molar-refractivity contribution in [1.29, 1.82) is 0 Å². The van der Waals surface area contributed by atoms with E-state index in [4.69, 9.17) is 9.47 Å². The highest BCUT2D eigenvalue weighted by Gasteiger charge is 2.26. The van der Waals surface area contributed by atoms with E-state index in [9.17, 15) is 9.59 Å². The predicted octanol–water partition coefficient (Wildman–Crippen LogP) is 3.80. The highest BCUT2D eigenvalue weighted by Crippen LogP contribution is 2.17. The Balaban J connectivity index is 1.94. The first-order chi connectivity index (χ1) is 14.4. The zero-order valence-electron chi connectivity index (χ0n) is 18.3. The van der Waals surface area contributed by atoms with Gasteiger partial charge in [-0.15, -0.1) is 0 Å². The monoisotopic (exact) mass is 412 g/mol. The van der Waals surface area contributed by atoms with Gasteiger partial charge in [0.1, 0.15) is 17.5 Å². The van der Waals surface area contributed by atoms with Gasteiger partial charge in [-0.1, -0.05) is 30.3 Å². The number of methoxy groups -OCH3 is 1. The number of rotatable bonds is 11. The minimum absolute atomic E-state index is 0.0199. The third-order valence-electron chi connectivity index (χ3n) is 4.66. The second kappa shape index (κ2) is 11.9. The Hall–Kier alpha value is -3.02. The van der Waals surface area contributed by atoms with E-state index in [1.54, 1.807) is 18.9 Å². The largest absolute Gasteiger partial charge is 0.497 e. The molecule has 1 atom stereocenters. The van der Waals surface area contributed by atoms with Gasteiger partial charge in [-0.05, 0) is 57.0 Å². The molecule has 0 saturated carbocycles. The zero-order valence-corrected chi connectivity index (χ0v) is 18.3. The summed E-state index contributed by atoms with van der Waals surface area (Å²) in [6, 6.07) is 16.5. The summed E-state index contributed by atoms with van der Waals surface area (Å²) in [5, 5.41) is 2.89. The summed E-state index contributed by atoms with van der Waals surface area (Å²) >= 11 is 0. The van der Waals surface area contributed by atoms with Gasteiger partial charge in [-0.2, -0.15) is 0 Å². The lowest BCUT2D eigenvalue weighted by Gasteiger charge is -2.29. The minimum Gasteiger partial charge on any atom is -0.497 e. The molecule has 1 N–H and O–H groups in total. The van der Waals surface area contributed by atoms with Gasteiger partial charge in [0.25, 0.3) is 0 Å². The fraction of sp³-hybridized carbons (Fsp3) is 0.417. The minimum atomic E-state index is -0.553. The van der Waals surface area contributed by atoms with Gasteiger partial charge in [0.05, 0.1) is 13.7 Å². The van der Waals surface area contributed by atoms with Crippen LogP contribution in [-0.2, 0) is 16.1 Å². The summed E-state index contributed by atoms with van der Waals surface area (Å²) < 4.78 is 10.8. The number of nitrogens with one attached hydrogen (secondary N) is 1. The molecule has 2 aromatic rings. The summed E-state index contributed by atoms with van der Waals surface area (Å²) in [6.45, 7) is 6.40. The van der Waals surface area contributed by atoms with Crippen LogP contribution in [0.5, 0.6) is 11.5 Å². The standard InChI is InChI=1S/C24H32N2O4/c1-18(2)25-24(28)19(3)26(17-20-9-6-5-7-10-20)23(27)11-8-16-30-22-14-12-21(29-4)13-15-22/h5-7,9-10,12-15,18-19H,8,11,16-17H2,1-4H3,(H,25,28)/t19-/m0/s1. The molecule has 0 spiro atoms. The Labute approximate surface area is 179 Å². The average molecular weight is 413 g/mol. The maximum atomic E-state index is 12.9. The van der Waals surface area contributed by atoms with E-state index in [1.807, 2.05) is 68.4 Å². The van der Waals surface area contributed by atoms with Crippen molar-refractivity contribution in [2.24, 2.45) is 0 Å². The second-order valence-electron chi connectivity index (χ2n) is 7.47. The lowest BCUT2D eigenvalue weighted by Crippen LogP contribution is -2.49. The molecule has 2 rings (SSSR count). The first-order valence-electron chi connectivity index (χ1n) is 10.3. The first kappa shape index (κ1) is 23.3. The molecule has 0 saturated heterocycles. The smallest absolute Gasteiger partial charge is 0.242 e. The van der Waals surface area contributed by atoms with Crippen molar-refractivity contribution in [2.45, 2.75) is 52.2 Å². The molecule has 162 valence electrons. The molecule has 30 heavy (non-hydrogen) atoms. The van der Waals surface area contributed by atoms with Gasteiger partial charge in [-0.3, -0.25) is 9.59 Å². The second-order valence-corrected chi connectivity index (χ2v) is 7.47. The number of benzene rings is 2. The Morgan fingerprint density at radius 3 is 2.20 bits per heavy atom. The number of nitrogens with zero attached hydrogens (tertiary/aromatic N) is 1. The molecule has 2 aromatic carbocycles. The van der Waals surface area contributed by atoms with Crippen molar-refractivity contribution in [3.63, 3.8) is 0 Å². The van der Waals surface area contributed by atoms with Gasteiger partial charge in [0, 0.05) is 19.0 Å². The van der Waals surface area contributed by atoms with Crippen LogP contribution in [0.15, 0.2) is 54.6 Å². The van der Waals surface area contributed by atoms with E-state index in [2.05, 4.69) is 5.32 Å². The molecule has 0 bridgehead atoms. The van der Waals surface area contributed by atoms with E-state index in [0.717, 1.165) is 17.1 Å². The average Bonchev–Trinajstić information content (AvgIpc) is 2.75. The molecule has 0 aliphatic carbocycles. The van der Waals surface area contributed by atoms with Crippen LogP contribution in [0.3, 0.4) is 0 Å². The number of amides is 2. The number of hydrogen-bond donors (Lipinski definition) is 1. The number of ether oxygens (including phenoxy) is 2. The van der Waals surface area contributed by atoms with Gasteiger partial charge in [0.2, 0.25) is 11.8 Å². The molecule has 0 heterocycles. The third-order valence-corrected chi connectivity index (χ3v) is 4.66. The summed E-state index contributed by atoms with van der Waals surface area (Å²) in [4.78, 5) is 27.1. The van der Waals surface area contributed by atoms with Crippen LogP contribution in [0, 0.1) is 0 Å². The van der Waals surface area contributed by atoms with Gasteiger partial charge >= 0.3 is 0 Å². The maximum absolute atomic E-state index is 12.9. The van der Waals surface area contributed by atoms with Crippen LogP contribution in [0.4, 0.5) is 0 Å².